The van der Waals surface area contributed by atoms with Crippen molar-refractivity contribution in [1.29, 1.82) is 0 Å². The number of carbonyl (C=O) groups excluding carboxylic acids is 1. The average Bonchev–Trinajstić information content (AvgIpc) is 2.65. The third-order valence-corrected chi connectivity index (χ3v) is 3.24. The lowest BCUT2D eigenvalue weighted by atomic mass is 9.96. The normalized spacial score (nSPS) is 14.7. The molecule has 0 radical (unpaired) electrons. The Hall–Kier alpha value is -1.48. The number of thiazole rings is 1. The lowest BCUT2D eigenvalue weighted by Crippen LogP contribution is -2.05. The summed E-state index contributed by atoms with van der Waals surface area (Å²) >= 11 is 1.61. The number of carbonyl (C=O) groups is 1. The second-order valence-electron chi connectivity index (χ2n) is 3.31. The molecule has 0 unspecified atom stereocenters. The average molecular weight is 201 g/mol. The molecule has 1 aliphatic rings. The van der Waals surface area contributed by atoms with Gasteiger partial charge in [0.2, 0.25) is 0 Å². The number of benzene rings is 1. The molecule has 1 aliphatic carbocycles. The van der Waals surface area contributed by atoms with Crippen molar-refractivity contribution in [1.82, 2.24) is 4.98 Å². The van der Waals surface area contributed by atoms with Crippen LogP contribution in [-0.4, -0.2) is 10.8 Å². The van der Waals surface area contributed by atoms with E-state index in [0.717, 1.165) is 21.3 Å². The highest BCUT2D eigenvalue weighted by atomic mass is 32.1. The maximum absolute atomic E-state index is 11.3. The zero-order valence-corrected chi connectivity index (χ0v) is 8.17. The van der Waals surface area contributed by atoms with E-state index in [1.165, 1.54) is 0 Å². The van der Waals surface area contributed by atoms with Crippen LogP contribution in [0.2, 0.25) is 0 Å². The van der Waals surface area contributed by atoms with E-state index in [2.05, 4.69) is 17.1 Å². The Morgan fingerprint density at radius 1 is 1.29 bits per heavy atom. The van der Waals surface area contributed by atoms with E-state index in [4.69, 9.17) is 0 Å². The number of fused-ring (bicyclic) bond motifs is 3. The molecule has 0 aliphatic heterocycles. The molecule has 2 nitrogen and oxygen atoms in total. The van der Waals surface area contributed by atoms with Gasteiger partial charge in [0.05, 0.1) is 15.7 Å². The van der Waals surface area contributed by atoms with Crippen LogP contribution in [0.5, 0.6) is 0 Å². The van der Waals surface area contributed by atoms with Crippen LogP contribution in [0.15, 0.2) is 23.7 Å². The van der Waals surface area contributed by atoms with E-state index in [-0.39, 0.29) is 5.78 Å². The summed E-state index contributed by atoms with van der Waals surface area (Å²) in [5.74, 6) is 0.165. The Kier molecular flexibility index (Phi) is 1.55. The highest BCUT2D eigenvalue weighted by molar-refractivity contribution is 7.16. The molecule has 68 valence electrons. The van der Waals surface area contributed by atoms with Gasteiger partial charge in [0.25, 0.3) is 0 Å². The molecule has 1 heterocycles. The summed E-state index contributed by atoms with van der Waals surface area (Å²) < 4.78 is 1.16. The molecule has 2 aromatic rings. The predicted octanol–water partition coefficient (Wildman–Crippen LogP) is 2.43. The van der Waals surface area contributed by atoms with Crippen LogP contribution in [0.3, 0.4) is 0 Å². The fourth-order valence-electron chi connectivity index (χ4n) is 1.76. The van der Waals surface area contributed by atoms with Gasteiger partial charge in [0.15, 0.2) is 5.78 Å². The zero-order valence-electron chi connectivity index (χ0n) is 7.36. The number of ketones is 1. The minimum Gasteiger partial charge on any atom is -0.294 e. The van der Waals surface area contributed by atoms with Crippen LogP contribution in [0.4, 0.5) is 0 Å². The van der Waals surface area contributed by atoms with Crippen molar-refractivity contribution in [2.45, 2.75) is 6.42 Å². The minimum absolute atomic E-state index is 0.165. The van der Waals surface area contributed by atoms with Crippen molar-refractivity contribution in [3.8, 4) is 0 Å². The maximum atomic E-state index is 11.3. The first-order valence-electron chi connectivity index (χ1n) is 4.40. The second-order valence-corrected chi connectivity index (χ2v) is 4.20. The summed E-state index contributed by atoms with van der Waals surface area (Å²) in [7, 11) is 0. The molecule has 0 atom stereocenters. The van der Waals surface area contributed by atoms with Crippen LogP contribution in [0, 0.1) is 0 Å². The van der Waals surface area contributed by atoms with Crippen LogP contribution < -0.4 is 0 Å². The molecule has 3 heteroatoms. The molecule has 0 N–H and O–H groups in total. The van der Waals surface area contributed by atoms with Crippen LogP contribution in [0.1, 0.15) is 11.1 Å². The smallest absolute Gasteiger partial charge is 0.160 e. The molecule has 0 fully saturated rings. The first-order chi connectivity index (χ1) is 6.84. The fourth-order valence-corrected chi connectivity index (χ4v) is 2.47. The van der Waals surface area contributed by atoms with Crippen molar-refractivity contribution in [3.63, 3.8) is 0 Å². The molecular weight excluding hydrogens is 194 g/mol. The molecule has 3 rings (SSSR count). The highest BCUT2D eigenvalue weighted by Crippen LogP contribution is 2.27. The Morgan fingerprint density at radius 2 is 2.21 bits per heavy atom. The number of aromatic nitrogens is 1. The lowest BCUT2D eigenvalue weighted by molar-refractivity contribution is -0.114. The molecule has 0 bridgehead atoms. The van der Waals surface area contributed by atoms with Gasteiger partial charge >= 0.3 is 0 Å². The molecular formula is C11H7NOS. The summed E-state index contributed by atoms with van der Waals surface area (Å²) in [6.07, 6.45) is 4.01. The van der Waals surface area contributed by atoms with Crippen LogP contribution >= 0.6 is 11.3 Å². The minimum atomic E-state index is 0.165. The Labute approximate surface area is 84.9 Å². The zero-order chi connectivity index (χ0) is 9.54. The van der Waals surface area contributed by atoms with Gasteiger partial charge in [-0.15, -0.1) is 11.3 Å². The third-order valence-electron chi connectivity index (χ3n) is 2.44. The second kappa shape index (κ2) is 2.75. The van der Waals surface area contributed by atoms with Crippen molar-refractivity contribution in [2.75, 3.05) is 0 Å². The molecule has 14 heavy (non-hydrogen) atoms. The molecule has 0 amide bonds. The topological polar surface area (TPSA) is 30.0 Å². The number of nitrogens with zero attached hydrogens (tertiary/aromatic N) is 1. The summed E-state index contributed by atoms with van der Waals surface area (Å²) in [6, 6.07) is 4.12. The first kappa shape index (κ1) is 7.88. The van der Waals surface area contributed by atoms with E-state index in [1.54, 1.807) is 17.4 Å². The van der Waals surface area contributed by atoms with Gasteiger partial charge in [0.1, 0.15) is 0 Å². The fraction of sp³-hybridized carbons (Fsp3) is 0.0909. The molecule has 1 aromatic carbocycles. The number of hydrogen-bond donors (Lipinski definition) is 0. The predicted molar refractivity (Wildman–Crippen MR) is 57.4 cm³/mol. The van der Waals surface area contributed by atoms with E-state index in [9.17, 15) is 4.79 Å². The van der Waals surface area contributed by atoms with Crippen molar-refractivity contribution >= 4 is 33.4 Å². The largest absolute Gasteiger partial charge is 0.294 e. The van der Waals surface area contributed by atoms with Crippen LogP contribution in [0.25, 0.3) is 16.3 Å². The van der Waals surface area contributed by atoms with E-state index < -0.39 is 0 Å². The van der Waals surface area contributed by atoms with Gasteiger partial charge in [0, 0.05) is 6.42 Å². The van der Waals surface area contributed by atoms with E-state index in [0.29, 0.717) is 6.42 Å². The van der Waals surface area contributed by atoms with Gasteiger partial charge in [-0.05, 0) is 23.3 Å². The van der Waals surface area contributed by atoms with Crippen molar-refractivity contribution < 1.29 is 4.79 Å². The summed E-state index contributed by atoms with van der Waals surface area (Å²) in [6.45, 7) is 0. The Balaban J connectivity index is 2.39. The number of rotatable bonds is 0. The van der Waals surface area contributed by atoms with Gasteiger partial charge < -0.3 is 0 Å². The van der Waals surface area contributed by atoms with Gasteiger partial charge in [-0.3, -0.25) is 4.79 Å². The third kappa shape index (κ3) is 1.02. The van der Waals surface area contributed by atoms with Crippen molar-refractivity contribution in [2.24, 2.45) is 0 Å². The van der Waals surface area contributed by atoms with Gasteiger partial charge in [-0.1, -0.05) is 12.1 Å². The SMILES string of the molecule is O=C1C=Cc2ccc3scnc3c2C1. The molecule has 0 saturated heterocycles. The maximum Gasteiger partial charge on any atom is 0.160 e. The number of hydrogen-bond acceptors (Lipinski definition) is 3. The van der Waals surface area contributed by atoms with Crippen molar-refractivity contribution in [3.05, 3.63) is 34.8 Å². The Bertz CT molecular complexity index is 553. The first-order valence-corrected chi connectivity index (χ1v) is 5.28. The van der Waals surface area contributed by atoms with Gasteiger partial charge in [-0.2, -0.15) is 0 Å². The standard InChI is InChI=1S/C11H7NOS/c13-8-3-1-7-2-4-10-11(9(7)5-8)12-6-14-10/h1-4,6H,5H2. The van der Waals surface area contributed by atoms with E-state index >= 15 is 0 Å². The van der Waals surface area contributed by atoms with Gasteiger partial charge in [-0.25, -0.2) is 4.98 Å². The monoisotopic (exact) mass is 201 g/mol. The molecule has 1 aromatic heterocycles. The summed E-state index contributed by atoms with van der Waals surface area (Å²) in [5.41, 5.74) is 5.03. The van der Waals surface area contributed by atoms with Crippen LogP contribution in [-0.2, 0) is 11.2 Å². The quantitative estimate of drug-likeness (QED) is 0.655. The summed E-state index contributed by atoms with van der Waals surface area (Å²) in [4.78, 5) is 15.6. The highest BCUT2D eigenvalue weighted by Gasteiger charge is 2.14. The van der Waals surface area contributed by atoms with E-state index in [1.807, 2.05) is 11.6 Å². The molecule has 0 spiro atoms. The Morgan fingerprint density at radius 3 is 3.14 bits per heavy atom. The molecule has 0 saturated carbocycles. The lowest BCUT2D eigenvalue weighted by Gasteiger charge is -2.09. The number of allylic oxidation sites excluding steroid dienone is 1. The summed E-state index contributed by atoms with van der Waals surface area (Å²) in [5, 5.41) is 0.